The summed E-state index contributed by atoms with van der Waals surface area (Å²) in [6.07, 6.45) is 4.88. The molecule has 0 unspecified atom stereocenters. The number of rotatable bonds is 3. The molecule has 0 radical (unpaired) electrons. The van der Waals surface area contributed by atoms with Gasteiger partial charge in [0.1, 0.15) is 15.7 Å². The Balaban J connectivity index is 1.74. The van der Waals surface area contributed by atoms with E-state index in [9.17, 15) is 9.59 Å². The smallest absolute Gasteiger partial charge is 0.266 e. The second kappa shape index (κ2) is 6.79. The van der Waals surface area contributed by atoms with Crippen LogP contribution in [0.3, 0.4) is 0 Å². The summed E-state index contributed by atoms with van der Waals surface area (Å²) in [6.45, 7) is 3.93. The lowest BCUT2D eigenvalue weighted by atomic mass is 10.2. The number of fused-ring (bicyclic) bond motifs is 1. The molecule has 1 aliphatic rings. The van der Waals surface area contributed by atoms with Crippen molar-refractivity contribution in [2.75, 3.05) is 0 Å². The topological polar surface area (TPSA) is 67.8 Å². The van der Waals surface area contributed by atoms with Crippen LogP contribution < -0.4 is 5.56 Å². The number of thiocarbonyl (C=S) groups is 1. The van der Waals surface area contributed by atoms with Gasteiger partial charge in [-0.2, -0.15) is 0 Å². The highest BCUT2D eigenvalue weighted by Crippen LogP contribution is 2.33. The predicted octanol–water partition coefficient (Wildman–Crippen LogP) is 3.31. The van der Waals surface area contributed by atoms with Crippen molar-refractivity contribution in [2.24, 2.45) is 0 Å². The highest BCUT2D eigenvalue weighted by molar-refractivity contribution is 8.26. The van der Waals surface area contributed by atoms with Gasteiger partial charge >= 0.3 is 0 Å². The number of thioether (sulfide) groups is 1. The molecule has 4 heterocycles. The molecule has 4 rings (SSSR count). The molecular weight excluding hydrogens is 382 g/mol. The van der Waals surface area contributed by atoms with Gasteiger partial charge in [-0.3, -0.25) is 18.9 Å². The van der Waals surface area contributed by atoms with Gasteiger partial charge in [-0.05, 0) is 43.7 Å². The number of aromatic nitrogens is 2. The molecule has 1 aliphatic heterocycles. The zero-order chi connectivity index (χ0) is 19.1. The minimum absolute atomic E-state index is 0.211. The second-order valence-electron chi connectivity index (χ2n) is 6.20. The van der Waals surface area contributed by atoms with Gasteiger partial charge in [-0.15, -0.1) is 0 Å². The zero-order valence-corrected chi connectivity index (χ0v) is 16.3. The molecule has 0 aliphatic carbocycles. The van der Waals surface area contributed by atoms with Crippen LogP contribution in [0.15, 0.2) is 50.8 Å². The van der Waals surface area contributed by atoms with E-state index in [4.69, 9.17) is 16.6 Å². The Morgan fingerprint density at radius 3 is 2.81 bits per heavy atom. The normalized spacial score (nSPS) is 16.1. The Morgan fingerprint density at radius 1 is 1.26 bits per heavy atom. The molecule has 0 spiro atoms. The Kier molecular flexibility index (Phi) is 4.45. The average molecular weight is 397 g/mol. The Hall–Kier alpha value is -2.71. The fourth-order valence-corrected chi connectivity index (χ4v) is 4.10. The summed E-state index contributed by atoms with van der Waals surface area (Å²) >= 11 is 6.51. The third kappa shape index (κ3) is 3.22. The van der Waals surface area contributed by atoms with Gasteiger partial charge in [-0.1, -0.05) is 30.0 Å². The van der Waals surface area contributed by atoms with Crippen molar-refractivity contribution in [1.82, 2.24) is 14.3 Å². The van der Waals surface area contributed by atoms with Gasteiger partial charge < -0.3 is 4.42 Å². The number of nitrogens with zero attached hydrogens (tertiary/aromatic N) is 3. The monoisotopic (exact) mass is 397 g/mol. The highest BCUT2D eigenvalue weighted by Gasteiger charge is 2.33. The van der Waals surface area contributed by atoms with Crippen molar-refractivity contribution in [3.63, 3.8) is 0 Å². The summed E-state index contributed by atoms with van der Waals surface area (Å²) in [4.78, 5) is 32.0. The molecule has 136 valence electrons. The first-order valence-electron chi connectivity index (χ1n) is 8.21. The first-order valence-corrected chi connectivity index (χ1v) is 9.44. The lowest BCUT2D eigenvalue weighted by Gasteiger charge is -2.12. The van der Waals surface area contributed by atoms with E-state index in [0.29, 0.717) is 31.9 Å². The van der Waals surface area contributed by atoms with Crippen molar-refractivity contribution in [3.05, 3.63) is 74.6 Å². The van der Waals surface area contributed by atoms with E-state index in [2.05, 4.69) is 4.98 Å². The summed E-state index contributed by atoms with van der Waals surface area (Å²) in [5.41, 5.74) is 2.27. The Labute approximate surface area is 164 Å². The van der Waals surface area contributed by atoms with Crippen molar-refractivity contribution >= 4 is 45.9 Å². The summed E-state index contributed by atoms with van der Waals surface area (Å²) in [5, 5.41) is 0. The molecule has 27 heavy (non-hydrogen) atoms. The second-order valence-corrected chi connectivity index (χ2v) is 7.87. The molecule has 1 saturated heterocycles. The van der Waals surface area contributed by atoms with E-state index >= 15 is 0 Å². The predicted molar refractivity (Wildman–Crippen MR) is 108 cm³/mol. The third-order valence-electron chi connectivity index (χ3n) is 4.24. The van der Waals surface area contributed by atoms with E-state index in [1.165, 1.54) is 21.1 Å². The van der Waals surface area contributed by atoms with Crippen LogP contribution >= 0.6 is 24.0 Å². The first kappa shape index (κ1) is 17.7. The minimum atomic E-state index is -0.241. The molecule has 1 fully saturated rings. The maximum Gasteiger partial charge on any atom is 0.266 e. The van der Waals surface area contributed by atoms with E-state index in [1.54, 1.807) is 43.7 Å². The van der Waals surface area contributed by atoms with Crippen molar-refractivity contribution in [3.8, 4) is 0 Å². The number of carbonyl (C=O) groups excluding carboxylic acids is 1. The van der Waals surface area contributed by atoms with Gasteiger partial charge in [0.05, 0.1) is 29.0 Å². The van der Waals surface area contributed by atoms with Crippen molar-refractivity contribution in [2.45, 2.75) is 20.4 Å². The summed E-state index contributed by atoms with van der Waals surface area (Å²) in [7, 11) is 0. The molecule has 3 aromatic heterocycles. The van der Waals surface area contributed by atoms with Crippen LogP contribution in [0.2, 0.25) is 0 Å². The lowest BCUT2D eigenvalue weighted by Crippen LogP contribution is -2.27. The van der Waals surface area contributed by atoms with Crippen LogP contribution in [0.1, 0.15) is 22.6 Å². The molecule has 3 aromatic rings. The molecule has 0 N–H and O–H groups in total. The number of hydrogen-bond acceptors (Lipinski definition) is 6. The van der Waals surface area contributed by atoms with Gasteiger partial charge in [0.25, 0.3) is 11.5 Å². The first-order chi connectivity index (χ1) is 12.9. The molecule has 8 heteroatoms. The van der Waals surface area contributed by atoms with Crippen LogP contribution in [0.5, 0.6) is 0 Å². The van der Waals surface area contributed by atoms with Gasteiger partial charge in [0.2, 0.25) is 0 Å². The fraction of sp³-hybridized carbons (Fsp3) is 0.158. The number of hydrogen-bond donors (Lipinski definition) is 0. The highest BCUT2D eigenvalue weighted by atomic mass is 32.2. The summed E-state index contributed by atoms with van der Waals surface area (Å²) in [5.74, 6) is 0.404. The number of aryl methyl sites for hydroxylation is 2. The Morgan fingerprint density at radius 2 is 2.07 bits per heavy atom. The Bertz CT molecular complexity index is 1160. The van der Waals surface area contributed by atoms with Crippen molar-refractivity contribution < 1.29 is 9.21 Å². The maximum atomic E-state index is 12.9. The van der Waals surface area contributed by atoms with Gasteiger partial charge in [-0.25, -0.2) is 4.98 Å². The molecule has 0 aromatic carbocycles. The standard InChI is InChI=1S/C19H15N3O3S2/c1-11-5-6-16-20-12(2)14(17(23)21(16)9-11)8-15-18(24)22(19(26)27-15)10-13-4-3-7-25-13/h3-9H,10H2,1-2H3. The molecule has 0 saturated carbocycles. The number of pyridine rings is 1. The fourth-order valence-electron chi connectivity index (χ4n) is 2.86. The number of amides is 1. The molecule has 0 bridgehead atoms. The van der Waals surface area contributed by atoms with Gasteiger partial charge in [0, 0.05) is 6.20 Å². The quantitative estimate of drug-likeness (QED) is 0.499. The van der Waals surface area contributed by atoms with Crippen LogP contribution in [0.25, 0.3) is 11.7 Å². The number of furan rings is 1. The van der Waals surface area contributed by atoms with E-state index in [1.807, 2.05) is 13.0 Å². The van der Waals surface area contributed by atoms with Crippen LogP contribution in [-0.4, -0.2) is 24.5 Å². The summed E-state index contributed by atoms with van der Waals surface area (Å²) < 4.78 is 7.23. The van der Waals surface area contributed by atoms with Crippen LogP contribution in [-0.2, 0) is 11.3 Å². The summed E-state index contributed by atoms with van der Waals surface area (Å²) in [6, 6.07) is 7.25. The van der Waals surface area contributed by atoms with Gasteiger partial charge in [0.15, 0.2) is 0 Å². The molecular formula is C19H15N3O3S2. The maximum absolute atomic E-state index is 12.9. The third-order valence-corrected chi connectivity index (χ3v) is 5.62. The molecule has 0 atom stereocenters. The van der Waals surface area contributed by atoms with Crippen LogP contribution in [0, 0.1) is 13.8 Å². The van der Waals surface area contributed by atoms with E-state index < -0.39 is 0 Å². The van der Waals surface area contributed by atoms with E-state index in [-0.39, 0.29) is 18.0 Å². The number of carbonyl (C=O) groups is 1. The van der Waals surface area contributed by atoms with Crippen molar-refractivity contribution in [1.29, 1.82) is 0 Å². The van der Waals surface area contributed by atoms with Crippen LogP contribution in [0.4, 0.5) is 0 Å². The minimum Gasteiger partial charge on any atom is -0.467 e. The average Bonchev–Trinajstić information content (AvgIpc) is 3.23. The largest absolute Gasteiger partial charge is 0.467 e. The van der Waals surface area contributed by atoms with E-state index in [0.717, 1.165) is 5.56 Å². The molecule has 1 amide bonds. The lowest BCUT2D eigenvalue weighted by molar-refractivity contribution is -0.122. The SMILES string of the molecule is Cc1ccc2nc(C)c(C=C3SC(=S)N(Cc4ccco4)C3=O)c(=O)n2c1. The molecule has 6 nitrogen and oxygen atoms in total. The zero-order valence-electron chi connectivity index (χ0n) is 14.6.